The Morgan fingerprint density at radius 1 is 1.14 bits per heavy atom. The predicted octanol–water partition coefficient (Wildman–Crippen LogP) is 3.39. The van der Waals surface area contributed by atoms with E-state index < -0.39 is 5.60 Å². The number of rotatable bonds is 4. The lowest BCUT2D eigenvalue weighted by atomic mass is 9.84. The van der Waals surface area contributed by atoms with Crippen LogP contribution in [0.15, 0.2) is 30.3 Å². The standard InChI is InChI=1S/C18H25NO2/c20-17(14-15-6-4-5-7-15)21-18(10-12-19-13-11-18)16-8-2-1-3-9-16/h1-3,8-9,15,19H,4-7,10-14H2. The molecule has 21 heavy (non-hydrogen) atoms. The van der Waals surface area contributed by atoms with Gasteiger partial charge >= 0.3 is 5.97 Å². The lowest BCUT2D eigenvalue weighted by molar-refractivity contribution is -0.165. The quantitative estimate of drug-likeness (QED) is 0.863. The highest BCUT2D eigenvalue weighted by atomic mass is 16.6. The van der Waals surface area contributed by atoms with E-state index >= 15 is 0 Å². The second-order valence-corrected chi connectivity index (χ2v) is 6.44. The lowest BCUT2D eigenvalue weighted by Crippen LogP contribution is -2.43. The second kappa shape index (κ2) is 6.61. The van der Waals surface area contributed by atoms with Crippen LogP contribution in [-0.2, 0) is 15.1 Å². The van der Waals surface area contributed by atoms with E-state index in [0.29, 0.717) is 12.3 Å². The van der Waals surface area contributed by atoms with Crippen molar-refractivity contribution in [2.45, 2.75) is 50.5 Å². The summed E-state index contributed by atoms with van der Waals surface area (Å²) in [6.45, 7) is 1.82. The van der Waals surface area contributed by atoms with E-state index in [4.69, 9.17) is 4.74 Å². The molecule has 1 aromatic carbocycles. The van der Waals surface area contributed by atoms with Crippen molar-refractivity contribution in [1.29, 1.82) is 0 Å². The van der Waals surface area contributed by atoms with Gasteiger partial charge in [-0.2, -0.15) is 0 Å². The highest BCUT2D eigenvalue weighted by Crippen LogP contribution is 2.36. The highest BCUT2D eigenvalue weighted by Gasteiger charge is 2.38. The Morgan fingerprint density at radius 2 is 1.81 bits per heavy atom. The molecular weight excluding hydrogens is 262 g/mol. The zero-order valence-corrected chi connectivity index (χ0v) is 12.6. The number of ether oxygens (including phenoxy) is 1. The first-order valence-corrected chi connectivity index (χ1v) is 8.27. The molecule has 1 aromatic rings. The topological polar surface area (TPSA) is 38.3 Å². The second-order valence-electron chi connectivity index (χ2n) is 6.44. The van der Waals surface area contributed by atoms with Gasteiger partial charge in [0.25, 0.3) is 0 Å². The van der Waals surface area contributed by atoms with E-state index in [1.165, 1.54) is 25.7 Å². The van der Waals surface area contributed by atoms with Gasteiger partial charge in [-0.25, -0.2) is 0 Å². The Hall–Kier alpha value is -1.35. The van der Waals surface area contributed by atoms with E-state index in [1.807, 2.05) is 18.2 Å². The van der Waals surface area contributed by atoms with Gasteiger partial charge < -0.3 is 10.1 Å². The van der Waals surface area contributed by atoms with Gasteiger partial charge in [0.2, 0.25) is 0 Å². The zero-order valence-electron chi connectivity index (χ0n) is 12.6. The van der Waals surface area contributed by atoms with Crippen LogP contribution in [0.1, 0.15) is 50.5 Å². The fourth-order valence-corrected chi connectivity index (χ4v) is 3.73. The van der Waals surface area contributed by atoms with Gasteiger partial charge in [0, 0.05) is 19.3 Å². The smallest absolute Gasteiger partial charge is 0.306 e. The SMILES string of the molecule is O=C(CC1CCCC1)OC1(c2ccccc2)CCNCC1. The van der Waals surface area contributed by atoms with Crippen LogP contribution < -0.4 is 5.32 Å². The first kappa shape index (κ1) is 14.6. The Bertz CT molecular complexity index is 459. The normalized spacial score (nSPS) is 22.1. The van der Waals surface area contributed by atoms with Crippen molar-refractivity contribution >= 4 is 5.97 Å². The number of piperidine rings is 1. The van der Waals surface area contributed by atoms with Crippen molar-refractivity contribution in [3.63, 3.8) is 0 Å². The molecule has 0 amide bonds. The number of carbonyl (C=O) groups is 1. The van der Waals surface area contributed by atoms with Crippen molar-refractivity contribution in [3.05, 3.63) is 35.9 Å². The molecule has 3 heteroatoms. The number of hydrogen-bond acceptors (Lipinski definition) is 3. The van der Waals surface area contributed by atoms with Crippen LogP contribution in [0.4, 0.5) is 0 Å². The Morgan fingerprint density at radius 3 is 2.48 bits per heavy atom. The zero-order chi connectivity index (χ0) is 14.5. The fraction of sp³-hybridized carbons (Fsp3) is 0.611. The summed E-state index contributed by atoms with van der Waals surface area (Å²) in [5.41, 5.74) is 0.730. The maximum atomic E-state index is 12.4. The monoisotopic (exact) mass is 287 g/mol. The molecule has 1 aliphatic carbocycles. The van der Waals surface area contributed by atoms with Gasteiger partial charge in [0.05, 0.1) is 0 Å². The van der Waals surface area contributed by atoms with Crippen LogP contribution in [0.2, 0.25) is 0 Å². The van der Waals surface area contributed by atoms with Crippen molar-refractivity contribution < 1.29 is 9.53 Å². The molecule has 3 nitrogen and oxygen atoms in total. The van der Waals surface area contributed by atoms with E-state index in [0.717, 1.165) is 31.5 Å². The summed E-state index contributed by atoms with van der Waals surface area (Å²) < 4.78 is 6.05. The summed E-state index contributed by atoms with van der Waals surface area (Å²) in [7, 11) is 0. The molecule has 114 valence electrons. The molecule has 0 radical (unpaired) electrons. The van der Waals surface area contributed by atoms with Gasteiger partial charge in [-0.05, 0) is 37.4 Å². The molecule has 1 aliphatic heterocycles. The van der Waals surface area contributed by atoms with Crippen molar-refractivity contribution in [3.8, 4) is 0 Å². The summed E-state index contributed by atoms with van der Waals surface area (Å²) in [4.78, 5) is 12.4. The van der Waals surface area contributed by atoms with E-state index in [2.05, 4.69) is 17.4 Å². The maximum Gasteiger partial charge on any atom is 0.306 e. The molecule has 0 aromatic heterocycles. The third-order valence-corrected chi connectivity index (χ3v) is 4.95. The molecular formula is C18H25NO2. The minimum absolute atomic E-state index is 0.00680. The molecule has 0 atom stereocenters. The molecule has 3 rings (SSSR count). The lowest BCUT2D eigenvalue weighted by Gasteiger charge is -2.37. The molecule has 1 saturated carbocycles. The van der Waals surface area contributed by atoms with Crippen LogP contribution in [0.25, 0.3) is 0 Å². The Labute approximate surface area is 127 Å². The van der Waals surface area contributed by atoms with Gasteiger partial charge in [-0.15, -0.1) is 0 Å². The van der Waals surface area contributed by atoms with Crippen LogP contribution in [0.3, 0.4) is 0 Å². The fourth-order valence-electron chi connectivity index (χ4n) is 3.73. The van der Waals surface area contributed by atoms with Gasteiger partial charge in [-0.1, -0.05) is 43.2 Å². The highest BCUT2D eigenvalue weighted by molar-refractivity contribution is 5.70. The van der Waals surface area contributed by atoms with E-state index in [1.54, 1.807) is 0 Å². The first-order chi connectivity index (χ1) is 10.3. The van der Waals surface area contributed by atoms with E-state index in [9.17, 15) is 4.79 Å². The number of carbonyl (C=O) groups excluding carboxylic acids is 1. The molecule has 0 unspecified atom stereocenters. The average Bonchev–Trinajstić information content (AvgIpc) is 3.02. The molecule has 2 fully saturated rings. The van der Waals surface area contributed by atoms with Crippen molar-refractivity contribution in [1.82, 2.24) is 5.32 Å². The number of esters is 1. The van der Waals surface area contributed by atoms with Crippen LogP contribution >= 0.6 is 0 Å². The third-order valence-electron chi connectivity index (χ3n) is 4.95. The van der Waals surface area contributed by atoms with Crippen LogP contribution in [0, 0.1) is 5.92 Å². The van der Waals surface area contributed by atoms with Gasteiger partial charge in [-0.3, -0.25) is 4.79 Å². The maximum absolute atomic E-state index is 12.4. The Kier molecular flexibility index (Phi) is 4.59. The summed E-state index contributed by atoms with van der Waals surface area (Å²) in [5, 5.41) is 3.36. The van der Waals surface area contributed by atoms with Crippen molar-refractivity contribution in [2.75, 3.05) is 13.1 Å². The molecule has 1 N–H and O–H groups in total. The summed E-state index contributed by atoms with van der Waals surface area (Å²) >= 11 is 0. The average molecular weight is 287 g/mol. The van der Waals surface area contributed by atoms with Gasteiger partial charge in [0.1, 0.15) is 5.60 Å². The summed E-state index contributed by atoms with van der Waals surface area (Å²) in [6.07, 6.45) is 7.25. The molecule has 0 bridgehead atoms. The molecule has 1 heterocycles. The minimum Gasteiger partial charge on any atom is -0.454 e. The first-order valence-electron chi connectivity index (χ1n) is 8.27. The molecule has 1 saturated heterocycles. The largest absolute Gasteiger partial charge is 0.454 e. The summed E-state index contributed by atoms with van der Waals surface area (Å²) in [6, 6.07) is 10.3. The molecule has 2 aliphatic rings. The van der Waals surface area contributed by atoms with Gasteiger partial charge in [0.15, 0.2) is 0 Å². The third kappa shape index (κ3) is 3.46. The molecule has 0 spiro atoms. The summed E-state index contributed by atoms with van der Waals surface area (Å²) in [5.74, 6) is 0.541. The number of hydrogen-bond donors (Lipinski definition) is 1. The predicted molar refractivity (Wildman–Crippen MR) is 82.9 cm³/mol. The Balaban J connectivity index is 1.71. The number of benzene rings is 1. The minimum atomic E-state index is -0.414. The number of nitrogens with one attached hydrogen (secondary N) is 1. The van der Waals surface area contributed by atoms with Crippen molar-refractivity contribution in [2.24, 2.45) is 5.92 Å². The van der Waals surface area contributed by atoms with Crippen LogP contribution in [0.5, 0.6) is 0 Å². The van der Waals surface area contributed by atoms with Crippen LogP contribution in [-0.4, -0.2) is 19.1 Å². The van der Waals surface area contributed by atoms with E-state index in [-0.39, 0.29) is 5.97 Å².